The third kappa shape index (κ3) is 2.80. The van der Waals surface area contributed by atoms with Crippen LogP contribution in [0.1, 0.15) is 33.1 Å². The number of fused-ring (bicyclic) bond motifs is 3. The summed E-state index contributed by atoms with van der Waals surface area (Å²) in [7, 11) is -4.24. The van der Waals surface area contributed by atoms with Crippen LogP contribution in [-0.2, 0) is 10.0 Å². The number of anilines is 1. The van der Waals surface area contributed by atoms with Crippen LogP contribution in [0.5, 0.6) is 23.0 Å². The van der Waals surface area contributed by atoms with Crippen LogP contribution in [0.15, 0.2) is 71.1 Å². The average molecular weight is 502 g/mol. The van der Waals surface area contributed by atoms with Crippen LogP contribution in [0.2, 0.25) is 0 Å². The normalized spacial score (nSPS) is 16.5. The number of sulfonamides is 1. The van der Waals surface area contributed by atoms with E-state index in [0.717, 1.165) is 9.87 Å². The summed E-state index contributed by atoms with van der Waals surface area (Å²) < 4.78 is 29.4. The Morgan fingerprint density at radius 3 is 2.17 bits per heavy atom. The summed E-state index contributed by atoms with van der Waals surface area (Å²) in [4.78, 5) is 13.6. The molecule has 6 rings (SSSR count). The van der Waals surface area contributed by atoms with Crippen molar-refractivity contribution < 1.29 is 33.6 Å². The number of phenols is 4. The van der Waals surface area contributed by atoms with Crippen LogP contribution in [0.4, 0.5) is 5.69 Å². The van der Waals surface area contributed by atoms with Crippen molar-refractivity contribution in [2.75, 3.05) is 4.31 Å². The summed E-state index contributed by atoms with van der Waals surface area (Å²) in [5, 5.41) is 41.8. The Morgan fingerprint density at radius 2 is 1.47 bits per heavy atom. The van der Waals surface area contributed by atoms with E-state index >= 15 is 0 Å². The number of hydrogen-bond donors (Lipinski definition) is 4. The predicted octanol–water partition coefficient (Wildman–Crippen LogP) is 4.50. The molecular formula is C27H19NO7S. The van der Waals surface area contributed by atoms with Crippen molar-refractivity contribution in [1.29, 1.82) is 0 Å². The molecule has 0 fully saturated rings. The fourth-order valence-electron chi connectivity index (χ4n) is 5.07. The van der Waals surface area contributed by atoms with Crippen LogP contribution in [0.25, 0.3) is 16.8 Å². The van der Waals surface area contributed by atoms with E-state index in [2.05, 4.69) is 0 Å². The number of aryl methyl sites for hydroxylation is 1. The number of benzene rings is 4. The first kappa shape index (κ1) is 22.0. The first-order chi connectivity index (χ1) is 17.1. The minimum atomic E-state index is -4.24. The molecule has 180 valence electrons. The molecule has 4 aromatic rings. The zero-order valence-corrected chi connectivity index (χ0v) is 19.6. The summed E-state index contributed by atoms with van der Waals surface area (Å²) in [5.74, 6) is -2.95. The van der Waals surface area contributed by atoms with Crippen molar-refractivity contribution in [3.63, 3.8) is 0 Å². The van der Waals surface area contributed by atoms with Gasteiger partial charge in [0.05, 0.1) is 16.0 Å². The van der Waals surface area contributed by atoms with Gasteiger partial charge in [-0.3, -0.25) is 9.10 Å². The largest absolute Gasteiger partial charge is 0.504 e. The van der Waals surface area contributed by atoms with Gasteiger partial charge in [-0.2, -0.15) is 0 Å². The van der Waals surface area contributed by atoms with Gasteiger partial charge >= 0.3 is 0 Å². The summed E-state index contributed by atoms with van der Waals surface area (Å²) in [5.41, 5.74) is 1.79. The quantitative estimate of drug-likeness (QED) is 0.297. The van der Waals surface area contributed by atoms with Gasteiger partial charge in [0.2, 0.25) is 0 Å². The molecule has 1 unspecified atom stereocenters. The number of Topliss-reactive ketones (excluding diaryl/α,β-unsaturated/α-hetero) is 1. The zero-order chi connectivity index (χ0) is 25.5. The topological polar surface area (TPSA) is 135 Å². The minimum absolute atomic E-state index is 0.00944. The molecule has 1 aliphatic heterocycles. The van der Waals surface area contributed by atoms with Gasteiger partial charge < -0.3 is 20.4 Å². The maximum absolute atomic E-state index is 14.1. The molecule has 0 radical (unpaired) electrons. The van der Waals surface area contributed by atoms with E-state index in [1.807, 2.05) is 6.92 Å². The molecule has 0 bridgehead atoms. The Bertz CT molecular complexity index is 1760. The number of phenolic OH excluding ortho intramolecular Hbond substituents is 4. The molecule has 0 spiro atoms. The van der Waals surface area contributed by atoms with Gasteiger partial charge in [-0.1, -0.05) is 29.8 Å². The molecule has 2 aliphatic rings. The number of rotatable bonds is 2. The molecule has 0 aromatic heterocycles. The second-order valence-corrected chi connectivity index (χ2v) is 10.7. The second kappa shape index (κ2) is 7.25. The Labute approximate surface area is 205 Å². The standard InChI is InChI=1S/C27H19NO7S/c1-13-6-8-15(9-7-13)36(34,35)28-19-5-3-2-4-16(19)25(31)18-10-14-11-20(29)26(32)23-22(14)17(24(18)28)12-21(30)27(23)33/h2-12,24,29-30,32-33H,1H3. The molecule has 0 saturated carbocycles. The Morgan fingerprint density at radius 1 is 0.833 bits per heavy atom. The third-order valence-electron chi connectivity index (χ3n) is 6.73. The van der Waals surface area contributed by atoms with Crippen molar-refractivity contribution in [2.45, 2.75) is 17.9 Å². The minimum Gasteiger partial charge on any atom is -0.504 e. The number of aromatic hydroxyl groups is 4. The SMILES string of the molecule is Cc1ccc(S(=O)(=O)N2c3ccccc3C(=O)C3=Cc4cc(O)c(O)c5c(O)c(O)cc(c45)C32)cc1. The maximum atomic E-state index is 14.1. The fourth-order valence-corrected chi connectivity index (χ4v) is 6.70. The lowest BCUT2D eigenvalue weighted by Crippen LogP contribution is -2.42. The molecule has 4 N–H and O–H groups in total. The molecule has 1 atom stereocenters. The van der Waals surface area contributed by atoms with Crippen molar-refractivity contribution in [1.82, 2.24) is 0 Å². The summed E-state index contributed by atoms with van der Waals surface area (Å²) in [6.45, 7) is 1.84. The van der Waals surface area contributed by atoms with Gasteiger partial charge in [-0.05, 0) is 60.5 Å². The molecule has 36 heavy (non-hydrogen) atoms. The Balaban J connectivity index is 1.74. The molecule has 0 saturated heterocycles. The van der Waals surface area contributed by atoms with E-state index in [9.17, 15) is 33.6 Å². The van der Waals surface area contributed by atoms with Crippen molar-refractivity contribution in [2.24, 2.45) is 0 Å². The van der Waals surface area contributed by atoms with E-state index in [1.54, 1.807) is 30.3 Å². The third-order valence-corrected chi connectivity index (χ3v) is 8.52. The highest BCUT2D eigenvalue weighted by atomic mass is 32.2. The summed E-state index contributed by atoms with van der Waals surface area (Å²) in [6, 6.07) is 13.9. The molecule has 1 heterocycles. The van der Waals surface area contributed by atoms with E-state index in [0.29, 0.717) is 0 Å². The van der Waals surface area contributed by atoms with Gasteiger partial charge in [0.25, 0.3) is 10.0 Å². The highest BCUT2D eigenvalue weighted by Gasteiger charge is 2.46. The van der Waals surface area contributed by atoms with E-state index < -0.39 is 44.8 Å². The van der Waals surface area contributed by atoms with Crippen molar-refractivity contribution >= 4 is 38.3 Å². The molecule has 8 nitrogen and oxygen atoms in total. The van der Waals surface area contributed by atoms with E-state index in [4.69, 9.17) is 0 Å². The number of para-hydroxylation sites is 1. The van der Waals surface area contributed by atoms with Gasteiger partial charge in [-0.25, -0.2) is 8.42 Å². The second-order valence-electron chi connectivity index (χ2n) is 8.88. The lowest BCUT2D eigenvalue weighted by atomic mass is 9.79. The fraction of sp³-hybridized carbons (Fsp3) is 0.0741. The molecule has 9 heteroatoms. The number of ketones is 1. The first-order valence-corrected chi connectivity index (χ1v) is 12.4. The number of carbonyl (C=O) groups is 1. The van der Waals surface area contributed by atoms with Crippen LogP contribution in [-0.4, -0.2) is 34.6 Å². The first-order valence-electron chi connectivity index (χ1n) is 11.0. The van der Waals surface area contributed by atoms with Crippen molar-refractivity contribution in [3.05, 3.63) is 88.5 Å². The zero-order valence-electron chi connectivity index (χ0n) is 18.8. The maximum Gasteiger partial charge on any atom is 0.265 e. The summed E-state index contributed by atoms with van der Waals surface area (Å²) >= 11 is 0. The predicted molar refractivity (Wildman–Crippen MR) is 133 cm³/mol. The lowest BCUT2D eigenvalue weighted by Gasteiger charge is -2.41. The average Bonchev–Trinajstić information content (AvgIpc) is 2.85. The van der Waals surface area contributed by atoms with Gasteiger partial charge in [0, 0.05) is 16.5 Å². The number of hydrogen-bond acceptors (Lipinski definition) is 7. The highest BCUT2D eigenvalue weighted by molar-refractivity contribution is 7.92. The summed E-state index contributed by atoms with van der Waals surface area (Å²) in [6.07, 6.45) is 1.45. The van der Waals surface area contributed by atoms with Crippen LogP contribution in [0.3, 0.4) is 0 Å². The molecule has 1 aliphatic carbocycles. The lowest BCUT2D eigenvalue weighted by molar-refractivity contribution is 0.102. The van der Waals surface area contributed by atoms with Crippen LogP contribution >= 0.6 is 0 Å². The monoisotopic (exact) mass is 501 g/mol. The van der Waals surface area contributed by atoms with Crippen LogP contribution in [0, 0.1) is 6.92 Å². The van der Waals surface area contributed by atoms with Gasteiger partial charge in [0.1, 0.15) is 6.04 Å². The number of carbonyl (C=O) groups excluding carboxylic acids is 1. The van der Waals surface area contributed by atoms with E-state index in [-0.39, 0.29) is 43.6 Å². The molecule has 0 amide bonds. The molecule has 4 aromatic carbocycles. The number of nitrogens with zero attached hydrogens (tertiary/aromatic N) is 1. The van der Waals surface area contributed by atoms with Crippen LogP contribution < -0.4 is 4.31 Å². The van der Waals surface area contributed by atoms with Gasteiger partial charge in [-0.15, -0.1) is 0 Å². The van der Waals surface area contributed by atoms with E-state index in [1.165, 1.54) is 36.4 Å². The molecular weight excluding hydrogens is 482 g/mol. The highest BCUT2D eigenvalue weighted by Crippen LogP contribution is 2.55. The van der Waals surface area contributed by atoms with Gasteiger partial charge in [0.15, 0.2) is 28.8 Å². The Kier molecular flexibility index (Phi) is 4.43. The smallest absolute Gasteiger partial charge is 0.265 e. The Hall–Kier alpha value is -4.50. The van der Waals surface area contributed by atoms with Crippen molar-refractivity contribution in [3.8, 4) is 23.0 Å².